The summed E-state index contributed by atoms with van der Waals surface area (Å²) in [5.74, 6) is 0.974. The second-order valence-electron chi connectivity index (χ2n) is 11.4. The molecule has 1 atom stereocenters. The first kappa shape index (κ1) is 30.3. The Morgan fingerprint density at radius 2 is 1.80 bits per heavy atom. The Morgan fingerprint density at radius 3 is 2.59 bits per heavy atom. The van der Waals surface area contributed by atoms with E-state index in [0.717, 1.165) is 45.1 Å². The average molecular weight is 672 g/mol. The fourth-order valence-electron chi connectivity index (χ4n) is 5.85. The van der Waals surface area contributed by atoms with Gasteiger partial charge < -0.3 is 14.4 Å². The molecule has 1 unspecified atom stereocenters. The first-order valence-corrected chi connectivity index (χ1v) is 16.8. The third-order valence-electron chi connectivity index (χ3n) is 8.13. The number of unbranched alkanes of at least 4 members (excludes halogenated alkanes) is 1. The fraction of sp³-hybridized carbons (Fsp3) is 0.324. The molecule has 6 rings (SSSR count). The number of rotatable bonds is 9. The second-order valence-corrected chi connectivity index (χ2v) is 13.3. The van der Waals surface area contributed by atoms with Crippen LogP contribution in [0.4, 0.5) is 0 Å². The zero-order chi connectivity index (χ0) is 30.6. The number of nitrogens with zero attached hydrogens (tertiary/aromatic N) is 6. The quantitative estimate of drug-likeness (QED) is 0.128. The van der Waals surface area contributed by atoms with E-state index in [1.165, 1.54) is 11.1 Å². The lowest BCUT2D eigenvalue weighted by Gasteiger charge is -2.40. The number of hydrogen-bond acceptors (Lipinski definition) is 6. The van der Waals surface area contributed by atoms with Crippen molar-refractivity contribution in [2.24, 2.45) is 0 Å². The molecule has 0 spiro atoms. The van der Waals surface area contributed by atoms with Crippen molar-refractivity contribution in [2.45, 2.75) is 50.9 Å². The summed E-state index contributed by atoms with van der Waals surface area (Å²) < 4.78 is 3.17. The van der Waals surface area contributed by atoms with E-state index in [0.29, 0.717) is 43.3 Å². The van der Waals surface area contributed by atoms with Gasteiger partial charge >= 0.3 is 0 Å². The predicted molar refractivity (Wildman–Crippen MR) is 179 cm³/mol. The van der Waals surface area contributed by atoms with Crippen LogP contribution < -0.4 is 0 Å². The van der Waals surface area contributed by atoms with Gasteiger partial charge in [0.1, 0.15) is 5.52 Å². The first-order valence-electron chi connectivity index (χ1n) is 15.0. The molecule has 10 heteroatoms. The van der Waals surface area contributed by atoms with Crippen LogP contribution in [-0.4, -0.2) is 72.8 Å². The molecule has 1 aliphatic rings. The van der Waals surface area contributed by atoms with Crippen molar-refractivity contribution in [2.75, 3.05) is 25.4 Å². The van der Waals surface area contributed by atoms with Crippen LogP contribution in [0, 0.1) is 6.92 Å². The van der Waals surface area contributed by atoms with Crippen LogP contribution in [0.3, 0.4) is 0 Å². The van der Waals surface area contributed by atoms with E-state index in [4.69, 9.17) is 4.98 Å². The number of amides is 2. The highest BCUT2D eigenvalue weighted by Gasteiger charge is 2.30. The number of aryl methyl sites for hydroxylation is 1. The van der Waals surface area contributed by atoms with Crippen LogP contribution in [0.1, 0.15) is 47.7 Å². The molecule has 1 fully saturated rings. The maximum absolute atomic E-state index is 13.0. The Morgan fingerprint density at radius 1 is 0.977 bits per heavy atom. The van der Waals surface area contributed by atoms with Gasteiger partial charge in [-0.05, 0) is 62.6 Å². The lowest BCUT2D eigenvalue weighted by atomic mass is 10.1. The summed E-state index contributed by atoms with van der Waals surface area (Å²) in [6, 6.07) is 24.2. The van der Waals surface area contributed by atoms with Crippen LogP contribution >= 0.6 is 27.7 Å². The van der Waals surface area contributed by atoms with Gasteiger partial charge in [0.2, 0.25) is 11.1 Å². The highest BCUT2D eigenvalue weighted by Crippen LogP contribution is 2.28. The van der Waals surface area contributed by atoms with E-state index in [9.17, 15) is 9.59 Å². The Kier molecular flexibility index (Phi) is 9.28. The van der Waals surface area contributed by atoms with E-state index in [1.807, 2.05) is 53.1 Å². The van der Waals surface area contributed by atoms with Crippen molar-refractivity contribution in [1.82, 2.24) is 29.5 Å². The van der Waals surface area contributed by atoms with Gasteiger partial charge in [0.05, 0.1) is 5.52 Å². The minimum absolute atomic E-state index is 0.0135. The van der Waals surface area contributed by atoms with Gasteiger partial charge in [0.25, 0.3) is 5.91 Å². The summed E-state index contributed by atoms with van der Waals surface area (Å²) >= 11 is 5.00. The molecule has 0 saturated carbocycles. The molecular formula is C34H35BrN6O2S. The van der Waals surface area contributed by atoms with E-state index < -0.39 is 0 Å². The SMILES string of the molecule is Cc1cccc(Cn2c3ccccc3c3nnc(SCCCCC(=O)N4CCN(C(=O)c5ccc(Br)cc5)C(C)C4)nc32)c1. The lowest BCUT2D eigenvalue weighted by molar-refractivity contribution is -0.133. The molecule has 1 saturated heterocycles. The Labute approximate surface area is 270 Å². The largest absolute Gasteiger partial charge is 0.339 e. The summed E-state index contributed by atoms with van der Waals surface area (Å²) in [6.45, 7) is 6.50. The second kappa shape index (κ2) is 13.5. The molecule has 3 aromatic carbocycles. The molecule has 1 aliphatic heterocycles. The van der Waals surface area contributed by atoms with Crippen molar-refractivity contribution in [3.63, 3.8) is 0 Å². The molecule has 2 amide bonds. The van der Waals surface area contributed by atoms with Crippen molar-refractivity contribution in [1.29, 1.82) is 0 Å². The third kappa shape index (κ3) is 6.66. The molecule has 0 radical (unpaired) electrons. The van der Waals surface area contributed by atoms with Crippen LogP contribution in [0.2, 0.25) is 0 Å². The summed E-state index contributed by atoms with van der Waals surface area (Å²) in [5.41, 5.74) is 5.87. The Bertz CT molecular complexity index is 1810. The number of halogens is 1. The molecule has 0 aliphatic carbocycles. The van der Waals surface area contributed by atoms with Crippen molar-refractivity contribution in [3.8, 4) is 0 Å². The van der Waals surface area contributed by atoms with Crippen molar-refractivity contribution in [3.05, 3.63) is 94.0 Å². The molecule has 0 bridgehead atoms. The lowest BCUT2D eigenvalue weighted by Crippen LogP contribution is -2.55. The third-order valence-corrected chi connectivity index (χ3v) is 9.58. The molecule has 0 N–H and O–H groups in total. The molecule has 3 heterocycles. The normalized spacial score (nSPS) is 15.3. The number of para-hydroxylation sites is 1. The topological polar surface area (TPSA) is 84.2 Å². The molecule has 226 valence electrons. The Hall–Kier alpha value is -3.76. The smallest absolute Gasteiger partial charge is 0.254 e. The number of fused-ring (bicyclic) bond motifs is 3. The molecule has 2 aromatic heterocycles. The van der Waals surface area contributed by atoms with Crippen LogP contribution in [0.5, 0.6) is 0 Å². The number of carbonyl (C=O) groups excluding carboxylic acids is 2. The Balaban J connectivity index is 1.02. The van der Waals surface area contributed by atoms with Gasteiger partial charge in [0.15, 0.2) is 5.65 Å². The van der Waals surface area contributed by atoms with Gasteiger partial charge in [-0.2, -0.15) is 0 Å². The summed E-state index contributed by atoms with van der Waals surface area (Å²) in [6.07, 6.45) is 2.17. The van der Waals surface area contributed by atoms with Crippen LogP contribution in [-0.2, 0) is 11.3 Å². The number of piperazine rings is 1. The van der Waals surface area contributed by atoms with Gasteiger partial charge in [-0.1, -0.05) is 75.7 Å². The van der Waals surface area contributed by atoms with Crippen LogP contribution in [0.25, 0.3) is 22.1 Å². The summed E-state index contributed by atoms with van der Waals surface area (Å²) in [7, 11) is 0. The van der Waals surface area contributed by atoms with E-state index in [2.05, 4.69) is 74.0 Å². The van der Waals surface area contributed by atoms with Gasteiger partial charge in [-0.3, -0.25) is 9.59 Å². The van der Waals surface area contributed by atoms with Gasteiger partial charge in [-0.25, -0.2) is 4.98 Å². The van der Waals surface area contributed by atoms with Crippen molar-refractivity contribution >= 4 is 61.6 Å². The van der Waals surface area contributed by atoms with Crippen LogP contribution in [0.15, 0.2) is 82.4 Å². The van der Waals surface area contributed by atoms with E-state index in [-0.39, 0.29) is 17.9 Å². The van der Waals surface area contributed by atoms with Gasteiger partial charge in [0, 0.05) is 59.8 Å². The zero-order valence-corrected chi connectivity index (χ0v) is 27.4. The molecule has 5 aromatic rings. The highest BCUT2D eigenvalue weighted by atomic mass is 79.9. The summed E-state index contributed by atoms with van der Waals surface area (Å²) in [4.78, 5) is 34.7. The fourth-order valence-corrected chi connectivity index (χ4v) is 6.89. The minimum atomic E-state index is -0.0273. The monoisotopic (exact) mass is 670 g/mol. The highest BCUT2D eigenvalue weighted by molar-refractivity contribution is 9.10. The average Bonchev–Trinajstić information content (AvgIpc) is 3.33. The maximum atomic E-state index is 13.0. The zero-order valence-electron chi connectivity index (χ0n) is 24.9. The van der Waals surface area contributed by atoms with E-state index >= 15 is 0 Å². The molecule has 44 heavy (non-hydrogen) atoms. The number of aromatic nitrogens is 4. The standard InChI is InChI=1S/C34H35BrN6O2S/c1-23-8-7-9-25(20-23)22-41-29-11-4-3-10-28(29)31-32(41)36-34(38-37-31)44-19-6-5-12-30(42)39-17-18-40(24(2)21-39)33(43)26-13-15-27(35)16-14-26/h3-4,7-11,13-16,20,24H,5-6,12,17-19,21-22H2,1-2H3. The molecular weight excluding hydrogens is 636 g/mol. The van der Waals surface area contributed by atoms with Crippen molar-refractivity contribution < 1.29 is 9.59 Å². The number of thioether (sulfide) groups is 1. The molecule has 8 nitrogen and oxygen atoms in total. The first-order chi connectivity index (χ1) is 21.4. The summed E-state index contributed by atoms with van der Waals surface area (Å²) in [5, 5.41) is 10.7. The predicted octanol–water partition coefficient (Wildman–Crippen LogP) is 6.73. The van der Waals surface area contributed by atoms with E-state index in [1.54, 1.807) is 11.8 Å². The number of hydrogen-bond donors (Lipinski definition) is 0. The maximum Gasteiger partial charge on any atom is 0.254 e. The number of benzene rings is 3. The van der Waals surface area contributed by atoms with Gasteiger partial charge in [-0.15, -0.1) is 10.2 Å². The number of carbonyl (C=O) groups is 2. The minimum Gasteiger partial charge on any atom is -0.339 e.